The van der Waals surface area contributed by atoms with Crippen LogP contribution in [0.3, 0.4) is 0 Å². The number of methoxy groups -OCH3 is 1. The molecule has 0 amide bonds. The Hall–Kier alpha value is -0.0800. The average molecular weight is 185 g/mol. The minimum atomic E-state index is 0.716. The van der Waals surface area contributed by atoms with Crippen LogP contribution in [-0.2, 0) is 4.74 Å². The minimum absolute atomic E-state index is 0.716. The predicted molar refractivity (Wildman–Crippen MR) is 55.9 cm³/mol. The second kappa shape index (κ2) is 6.39. The van der Waals surface area contributed by atoms with Gasteiger partial charge in [0.15, 0.2) is 0 Å². The van der Waals surface area contributed by atoms with Crippen molar-refractivity contribution in [3.63, 3.8) is 0 Å². The molecule has 1 aliphatic rings. The van der Waals surface area contributed by atoms with E-state index in [9.17, 15) is 0 Å². The maximum atomic E-state index is 5.12. The van der Waals surface area contributed by atoms with Gasteiger partial charge in [0, 0.05) is 19.8 Å². The van der Waals surface area contributed by atoms with Crippen LogP contribution in [0.4, 0.5) is 0 Å². The van der Waals surface area contributed by atoms with E-state index >= 15 is 0 Å². The molecule has 1 saturated heterocycles. The first kappa shape index (κ1) is 11.0. The highest BCUT2D eigenvalue weighted by Gasteiger charge is 2.13. The lowest BCUT2D eigenvalue weighted by atomic mass is 9.96. The molecule has 0 aromatic heterocycles. The first-order valence-corrected chi connectivity index (χ1v) is 5.55. The molecule has 13 heavy (non-hydrogen) atoms. The summed E-state index contributed by atoms with van der Waals surface area (Å²) in [4.78, 5) is 0. The van der Waals surface area contributed by atoms with Crippen molar-refractivity contribution in [2.75, 3.05) is 20.3 Å². The van der Waals surface area contributed by atoms with Gasteiger partial charge in [0.05, 0.1) is 0 Å². The van der Waals surface area contributed by atoms with E-state index in [0.29, 0.717) is 5.92 Å². The molecule has 78 valence electrons. The largest absolute Gasteiger partial charge is 0.384 e. The lowest BCUT2D eigenvalue weighted by molar-refractivity contribution is 0.151. The van der Waals surface area contributed by atoms with E-state index in [2.05, 4.69) is 12.2 Å². The van der Waals surface area contributed by atoms with Gasteiger partial charge in [-0.05, 0) is 38.1 Å². The molecule has 2 heteroatoms. The summed E-state index contributed by atoms with van der Waals surface area (Å²) >= 11 is 0. The quantitative estimate of drug-likeness (QED) is 0.709. The van der Waals surface area contributed by atoms with E-state index < -0.39 is 0 Å². The third-order valence-corrected chi connectivity index (χ3v) is 2.87. The van der Waals surface area contributed by atoms with Gasteiger partial charge in [-0.3, -0.25) is 0 Å². The van der Waals surface area contributed by atoms with Gasteiger partial charge in [0.2, 0.25) is 0 Å². The van der Waals surface area contributed by atoms with Gasteiger partial charge < -0.3 is 10.1 Å². The molecule has 2 nitrogen and oxygen atoms in total. The Morgan fingerprint density at radius 2 is 2.31 bits per heavy atom. The van der Waals surface area contributed by atoms with E-state index in [4.69, 9.17) is 4.74 Å². The molecule has 1 heterocycles. The first-order chi connectivity index (χ1) is 6.33. The summed E-state index contributed by atoms with van der Waals surface area (Å²) in [5.41, 5.74) is 0. The third-order valence-electron chi connectivity index (χ3n) is 2.87. The van der Waals surface area contributed by atoms with Crippen LogP contribution in [0.2, 0.25) is 0 Å². The van der Waals surface area contributed by atoms with Gasteiger partial charge >= 0.3 is 0 Å². The molecule has 0 aromatic carbocycles. The van der Waals surface area contributed by atoms with Crippen molar-refractivity contribution in [2.24, 2.45) is 5.92 Å². The Kier molecular flexibility index (Phi) is 5.40. The van der Waals surface area contributed by atoms with Crippen LogP contribution < -0.4 is 5.32 Å². The minimum Gasteiger partial charge on any atom is -0.384 e. The molecule has 1 fully saturated rings. The molecule has 0 saturated carbocycles. The van der Waals surface area contributed by atoms with Crippen molar-refractivity contribution < 1.29 is 4.74 Å². The number of rotatable bonds is 5. The molecule has 0 spiro atoms. The molecule has 0 radical (unpaired) electrons. The fourth-order valence-corrected chi connectivity index (χ4v) is 2.02. The van der Waals surface area contributed by atoms with Crippen molar-refractivity contribution >= 4 is 0 Å². The summed E-state index contributed by atoms with van der Waals surface area (Å²) in [6.07, 6.45) is 6.77. The zero-order valence-corrected chi connectivity index (χ0v) is 9.01. The van der Waals surface area contributed by atoms with E-state index in [1.165, 1.54) is 38.6 Å². The van der Waals surface area contributed by atoms with Crippen LogP contribution >= 0.6 is 0 Å². The summed E-state index contributed by atoms with van der Waals surface area (Å²) in [6.45, 7) is 4.41. The highest BCUT2D eigenvalue weighted by Crippen LogP contribution is 2.15. The molecule has 1 aliphatic heterocycles. The molecule has 2 atom stereocenters. The van der Waals surface area contributed by atoms with Gasteiger partial charge in [-0.25, -0.2) is 0 Å². The van der Waals surface area contributed by atoms with Gasteiger partial charge in [-0.1, -0.05) is 13.3 Å². The van der Waals surface area contributed by atoms with Crippen molar-refractivity contribution in [1.82, 2.24) is 5.32 Å². The summed E-state index contributed by atoms with van der Waals surface area (Å²) in [5, 5.41) is 3.58. The third kappa shape index (κ3) is 4.63. The summed E-state index contributed by atoms with van der Waals surface area (Å²) < 4.78 is 5.12. The topological polar surface area (TPSA) is 21.3 Å². The Morgan fingerprint density at radius 3 is 2.92 bits per heavy atom. The molecule has 0 aromatic rings. The van der Waals surface area contributed by atoms with Gasteiger partial charge in [-0.15, -0.1) is 0 Å². The monoisotopic (exact) mass is 185 g/mol. The predicted octanol–water partition coefficient (Wildman–Crippen LogP) is 2.19. The lowest BCUT2D eigenvalue weighted by Gasteiger charge is -2.24. The van der Waals surface area contributed by atoms with Gasteiger partial charge in [-0.2, -0.15) is 0 Å². The fraction of sp³-hybridized carbons (Fsp3) is 1.00. The molecule has 1 N–H and O–H groups in total. The van der Waals surface area contributed by atoms with E-state index in [-0.39, 0.29) is 0 Å². The maximum Gasteiger partial charge on any atom is 0.0487 e. The van der Waals surface area contributed by atoms with Crippen molar-refractivity contribution in [2.45, 2.75) is 45.1 Å². The van der Waals surface area contributed by atoms with Crippen molar-refractivity contribution in [1.29, 1.82) is 0 Å². The first-order valence-electron chi connectivity index (χ1n) is 5.55. The van der Waals surface area contributed by atoms with E-state index in [1.807, 2.05) is 0 Å². The molecular weight excluding hydrogens is 162 g/mol. The molecular formula is C11H23NO. The lowest BCUT2D eigenvalue weighted by Crippen LogP contribution is -2.34. The van der Waals surface area contributed by atoms with E-state index in [1.54, 1.807) is 7.11 Å². The van der Waals surface area contributed by atoms with E-state index in [0.717, 1.165) is 12.6 Å². The Morgan fingerprint density at radius 1 is 1.46 bits per heavy atom. The zero-order valence-electron chi connectivity index (χ0n) is 9.01. The fourth-order valence-electron chi connectivity index (χ4n) is 2.02. The number of piperidine rings is 1. The molecule has 0 bridgehead atoms. The molecule has 0 aliphatic carbocycles. The highest BCUT2D eigenvalue weighted by atomic mass is 16.5. The second-order valence-corrected chi connectivity index (χ2v) is 4.28. The summed E-state index contributed by atoms with van der Waals surface area (Å²) in [5.74, 6) is 0.716. The number of ether oxygens (including phenoxy) is 1. The summed E-state index contributed by atoms with van der Waals surface area (Å²) in [6, 6.07) is 0.785. The van der Waals surface area contributed by atoms with Crippen LogP contribution in [0.5, 0.6) is 0 Å². The zero-order chi connectivity index (χ0) is 9.52. The van der Waals surface area contributed by atoms with Crippen molar-refractivity contribution in [3.05, 3.63) is 0 Å². The SMILES string of the molecule is COCC(C)CCC1CCCCN1. The Bertz CT molecular complexity index is 121. The van der Waals surface area contributed by atoms with Gasteiger partial charge in [0.1, 0.15) is 0 Å². The number of nitrogens with one attached hydrogen (secondary N) is 1. The van der Waals surface area contributed by atoms with Crippen LogP contribution in [0.1, 0.15) is 39.0 Å². The Balaban J connectivity index is 2.03. The smallest absolute Gasteiger partial charge is 0.0487 e. The standard InChI is InChI=1S/C11H23NO/c1-10(9-13-2)6-7-11-5-3-4-8-12-11/h10-12H,3-9H2,1-2H3. The van der Waals surface area contributed by atoms with Crippen molar-refractivity contribution in [3.8, 4) is 0 Å². The summed E-state index contributed by atoms with van der Waals surface area (Å²) in [7, 11) is 1.79. The van der Waals surface area contributed by atoms with Gasteiger partial charge in [0.25, 0.3) is 0 Å². The molecule has 2 unspecified atom stereocenters. The van der Waals surface area contributed by atoms with Crippen LogP contribution in [0.15, 0.2) is 0 Å². The van der Waals surface area contributed by atoms with Crippen LogP contribution in [0.25, 0.3) is 0 Å². The normalized spacial score (nSPS) is 25.8. The maximum absolute atomic E-state index is 5.12. The molecule has 1 rings (SSSR count). The van der Waals surface area contributed by atoms with Crippen LogP contribution in [0, 0.1) is 5.92 Å². The Labute approximate surface area is 82.0 Å². The van der Waals surface area contributed by atoms with Crippen LogP contribution in [-0.4, -0.2) is 26.3 Å². The number of hydrogen-bond acceptors (Lipinski definition) is 2. The average Bonchev–Trinajstić information content (AvgIpc) is 2.17. The highest BCUT2D eigenvalue weighted by molar-refractivity contribution is 4.72. The second-order valence-electron chi connectivity index (χ2n) is 4.28. The number of hydrogen-bond donors (Lipinski definition) is 1.